The van der Waals surface area contributed by atoms with Crippen molar-refractivity contribution >= 4 is 11.3 Å². The normalized spacial score (nSPS) is 23.3. The second-order valence-corrected chi connectivity index (χ2v) is 8.53. The molecule has 1 aromatic rings. The van der Waals surface area contributed by atoms with Gasteiger partial charge in [0.05, 0.1) is 10.7 Å². The second kappa shape index (κ2) is 5.02. The molecular formula is C16H26N2S. The number of nitrogens with two attached hydrogens (primary N) is 1. The number of hydrogen-bond acceptors (Lipinski definition) is 3. The van der Waals surface area contributed by atoms with E-state index < -0.39 is 0 Å². The summed E-state index contributed by atoms with van der Waals surface area (Å²) < 4.78 is 0. The number of thiazole rings is 1. The van der Waals surface area contributed by atoms with Gasteiger partial charge in [0.2, 0.25) is 0 Å². The molecule has 0 fully saturated rings. The lowest BCUT2D eigenvalue weighted by Crippen LogP contribution is -2.31. The molecule has 0 radical (unpaired) electrons. The molecule has 2 rings (SSSR count). The summed E-state index contributed by atoms with van der Waals surface area (Å²) in [6, 6.07) is 0.209. The van der Waals surface area contributed by atoms with E-state index in [0.717, 1.165) is 19.3 Å². The predicted molar refractivity (Wildman–Crippen MR) is 83.6 cm³/mol. The van der Waals surface area contributed by atoms with Gasteiger partial charge < -0.3 is 5.73 Å². The summed E-state index contributed by atoms with van der Waals surface area (Å²) in [4.78, 5) is 4.79. The van der Waals surface area contributed by atoms with E-state index in [-0.39, 0.29) is 11.5 Å². The minimum absolute atomic E-state index is 0.144. The Labute approximate surface area is 121 Å². The fourth-order valence-electron chi connectivity index (χ4n) is 2.80. The Hall–Kier alpha value is -0.670. The SMILES string of the molecule is CC1(C)CC(Cc2nc(C(C)(C)C)cs2)=CC(N)C1. The summed E-state index contributed by atoms with van der Waals surface area (Å²) in [7, 11) is 0. The number of allylic oxidation sites excluding steroid dienone is 1. The van der Waals surface area contributed by atoms with Gasteiger partial charge in [-0.1, -0.05) is 46.3 Å². The van der Waals surface area contributed by atoms with E-state index in [1.165, 1.54) is 16.3 Å². The Balaban J connectivity index is 2.11. The molecule has 1 aliphatic carbocycles. The Kier molecular flexibility index (Phi) is 3.90. The molecule has 2 nitrogen and oxygen atoms in total. The standard InChI is InChI=1S/C16H26N2S/c1-15(2,3)13-10-19-14(18-13)7-11-6-12(17)9-16(4,5)8-11/h6,10,12H,7-9,17H2,1-5H3. The molecule has 0 saturated heterocycles. The van der Waals surface area contributed by atoms with E-state index in [1.807, 2.05) is 0 Å². The van der Waals surface area contributed by atoms with Gasteiger partial charge in [-0.05, 0) is 18.3 Å². The van der Waals surface area contributed by atoms with Gasteiger partial charge in [0.15, 0.2) is 0 Å². The molecule has 0 saturated carbocycles. The molecule has 106 valence electrons. The van der Waals surface area contributed by atoms with Crippen LogP contribution in [0.3, 0.4) is 0 Å². The smallest absolute Gasteiger partial charge is 0.0969 e. The monoisotopic (exact) mass is 278 g/mol. The third-order valence-corrected chi connectivity index (χ3v) is 4.49. The lowest BCUT2D eigenvalue weighted by atomic mass is 9.75. The maximum Gasteiger partial charge on any atom is 0.0969 e. The molecule has 2 N–H and O–H groups in total. The van der Waals surface area contributed by atoms with Gasteiger partial charge in [-0.2, -0.15) is 0 Å². The average molecular weight is 278 g/mol. The van der Waals surface area contributed by atoms with Crippen LogP contribution in [0.2, 0.25) is 0 Å². The zero-order valence-corrected chi connectivity index (χ0v) is 13.6. The van der Waals surface area contributed by atoms with Crippen molar-refractivity contribution in [2.45, 2.75) is 65.3 Å². The van der Waals surface area contributed by atoms with Crippen molar-refractivity contribution in [3.05, 3.63) is 27.7 Å². The van der Waals surface area contributed by atoms with E-state index in [0.29, 0.717) is 5.41 Å². The zero-order chi connectivity index (χ0) is 14.3. The first-order valence-electron chi connectivity index (χ1n) is 7.06. The predicted octanol–water partition coefficient (Wildman–Crippen LogP) is 4.06. The first-order valence-corrected chi connectivity index (χ1v) is 7.94. The highest BCUT2D eigenvalue weighted by atomic mass is 32.1. The van der Waals surface area contributed by atoms with E-state index in [4.69, 9.17) is 10.7 Å². The van der Waals surface area contributed by atoms with E-state index in [9.17, 15) is 0 Å². The van der Waals surface area contributed by atoms with Gasteiger partial charge in [-0.3, -0.25) is 0 Å². The van der Waals surface area contributed by atoms with Crippen LogP contribution >= 0.6 is 11.3 Å². The van der Waals surface area contributed by atoms with Crippen molar-refractivity contribution in [3.8, 4) is 0 Å². The van der Waals surface area contributed by atoms with Gasteiger partial charge in [0.25, 0.3) is 0 Å². The lowest BCUT2D eigenvalue weighted by molar-refractivity contribution is 0.299. The molecule has 19 heavy (non-hydrogen) atoms. The highest BCUT2D eigenvalue weighted by Crippen LogP contribution is 2.36. The third kappa shape index (κ3) is 3.90. The Bertz CT molecular complexity index is 477. The summed E-state index contributed by atoms with van der Waals surface area (Å²) >= 11 is 1.78. The summed E-state index contributed by atoms with van der Waals surface area (Å²) in [5.74, 6) is 0. The molecule has 1 aliphatic rings. The van der Waals surface area contributed by atoms with Crippen molar-refractivity contribution in [1.29, 1.82) is 0 Å². The molecule has 3 heteroatoms. The third-order valence-electron chi connectivity index (χ3n) is 3.64. The van der Waals surface area contributed by atoms with Crippen LogP contribution in [0.5, 0.6) is 0 Å². The first-order chi connectivity index (χ1) is 8.66. The topological polar surface area (TPSA) is 38.9 Å². The lowest BCUT2D eigenvalue weighted by Gasteiger charge is -2.33. The minimum Gasteiger partial charge on any atom is -0.324 e. The number of hydrogen-bond donors (Lipinski definition) is 1. The number of rotatable bonds is 2. The van der Waals surface area contributed by atoms with Crippen LogP contribution < -0.4 is 5.73 Å². The van der Waals surface area contributed by atoms with Gasteiger partial charge in [0, 0.05) is 23.3 Å². The van der Waals surface area contributed by atoms with E-state index in [2.05, 4.69) is 46.1 Å². The second-order valence-electron chi connectivity index (χ2n) is 7.59. The average Bonchev–Trinajstić information content (AvgIpc) is 2.61. The van der Waals surface area contributed by atoms with Crippen LogP contribution in [0.25, 0.3) is 0 Å². The number of nitrogens with zero attached hydrogens (tertiary/aromatic N) is 1. The highest BCUT2D eigenvalue weighted by Gasteiger charge is 2.27. The molecule has 0 spiro atoms. The van der Waals surface area contributed by atoms with Gasteiger partial charge >= 0.3 is 0 Å². The van der Waals surface area contributed by atoms with Gasteiger partial charge in [0.1, 0.15) is 0 Å². The Morgan fingerprint density at radius 1 is 1.42 bits per heavy atom. The zero-order valence-electron chi connectivity index (χ0n) is 12.8. The molecule has 1 heterocycles. The molecular weight excluding hydrogens is 252 g/mol. The van der Waals surface area contributed by atoms with Crippen LogP contribution in [0.15, 0.2) is 17.0 Å². The van der Waals surface area contributed by atoms with Crippen molar-refractivity contribution in [2.24, 2.45) is 11.1 Å². The maximum atomic E-state index is 6.14. The van der Waals surface area contributed by atoms with Crippen molar-refractivity contribution in [1.82, 2.24) is 4.98 Å². The van der Waals surface area contributed by atoms with Crippen LogP contribution in [0.1, 0.15) is 58.2 Å². The quantitative estimate of drug-likeness (QED) is 0.829. The summed E-state index contributed by atoms with van der Waals surface area (Å²) in [5.41, 5.74) is 9.27. The van der Waals surface area contributed by atoms with Crippen LogP contribution in [0, 0.1) is 5.41 Å². The van der Waals surface area contributed by atoms with Gasteiger partial charge in [-0.15, -0.1) is 11.3 Å². The molecule has 1 atom stereocenters. The molecule has 0 aromatic carbocycles. The molecule has 1 unspecified atom stereocenters. The van der Waals surface area contributed by atoms with Gasteiger partial charge in [-0.25, -0.2) is 4.98 Å². The highest BCUT2D eigenvalue weighted by molar-refractivity contribution is 7.09. The van der Waals surface area contributed by atoms with Crippen molar-refractivity contribution in [3.63, 3.8) is 0 Å². The molecule has 0 aliphatic heterocycles. The largest absolute Gasteiger partial charge is 0.324 e. The summed E-state index contributed by atoms with van der Waals surface area (Å²) in [5, 5.41) is 3.42. The molecule has 0 amide bonds. The number of aromatic nitrogens is 1. The fourth-order valence-corrected chi connectivity index (χ4v) is 3.87. The Morgan fingerprint density at radius 2 is 2.11 bits per heavy atom. The maximum absolute atomic E-state index is 6.14. The summed E-state index contributed by atoms with van der Waals surface area (Å²) in [6.45, 7) is 11.3. The van der Waals surface area contributed by atoms with E-state index in [1.54, 1.807) is 11.3 Å². The van der Waals surface area contributed by atoms with E-state index >= 15 is 0 Å². The molecule has 1 aromatic heterocycles. The Morgan fingerprint density at radius 3 is 2.63 bits per heavy atom. The minimum atomic E-state index is 0.144. The summed E-state index contributed by atoms with van der Waals surface area (Å²) in [6.07, 6.45) is 5.45. The van der Waals surface area contributed by atoms with Crippen LogP contribution in [-0.2, 0) is 11.8 Å². The van der Waals surface area contributed by atoms with Crippen LogP contribution in [-0.4, -0.2) is 11.0 Å². The van der Waals surface area contributed by atoms with Crippen molar-refractivity contribution < 1.29 is 0 Å². The van der Waals surface area contributed by atoms with Crippen LogP contribution in [0.4, 0.5) is 0 Å². The molecule has 0 bridgehead atoms. The fraction of sp³-hybridized carbons (Fsp3) is 0.688. The van der Waals surface area contributed by atoms with Crippen molar-refractivity contribution in [2.75, 3.05) is 0 Å². The first kappa shape index (κ1) is 14.7.